The molecule has 0 radical (unpaired) electrons. The SMILES string of the molecule is COc1cccc(C(=O)Nc2cccc(-c3csc(-c4sc(NC(=O)NCCc5ccccn5)nc4N)n3)c2)c1. The van der Waals surface area contributed by atoms with E-state index in [-0.39, 0.29) is 17.8 Å². The molecule has 5 rings (SSSR count). The van der Waals surface area contributed by atoms with Gasteiger partial charge in [-0.15, -0.1) is 11.3 Å². The number of ether oxygens (including phenoxy) is 1. The molecule has 0 aliphatic heterocycles. The third-order valence-corrected chi connectivity index (χ3v) is 7.70. The number of hydrogen-bond donors (Lipinski definition) is 4. The minimum Gasteiger partial charge on any atom is -0.497 e. The molecule has 3 amide bonds. The summed E-state index contributed by atoms with van der Waals surface area (Å²) < 4.78 is 5.20. The molecule has 2 aromatic carbocycles. The molecule has 0 fully saturated rings. The van der Waals surface area contributed by atoms with Crippen LogP contribution in [0.4, 0.5) is 21.4 Å². The van der Waals surface area contributed by atoms with Crippen molar-refractivity contribution in [3.8, 4) is 26.9 Å². The molecule has 0 bridgehead atoms. The molecule has 0 aliphatic rings. The number of amides is 3. The molecule has 5 N–H and O–H groups in total. The molecule has 0 unspecified atom stereocenters. The van der Waals surface area contributed by atoms with Gasteiger partial charge in [0, 0.05) is 47.1 Å². The van der Waals surface area contributed by atoms with E-state index in [9.17, 15) is 9.59 Å². The molecular weight excluding hydrogens is 546 g/mol. The maximum Gasteiger partial charge on any atom is 0.321 e. The molecule has 12 heteroatoms. The van der Waals surface area contributed by atoms with Gasteiger partial charge in [-0.1, -0.05) is 35.6 Å². The van der Waals surface area contributed by atoms with Crippen molar-refractivity contribution in [2.45, 2.75) is 6.42 Å². The summed E-state index contributed by atoms with van der Waals surface area (Å²) in [6, 6.07) is 19.7. The zero-order chi connectivity index (χ0) is 27.9. The number of anilines is 3. The largest absolute Gasteiger partial charge is 0.497 e. The average molecular weight is 572 g/mol. The summed E-state index contributed by atoms with van der Waals surface area (Å²) in [5.41, 5.74) is 9.75. The summed E-state index contributed by atoms with van der Waals surface area (Å²) in [7, 11) is 1.56. The average Bonchev–Trinajstić information content (AvgIpc) is 3.60. The number of hydrogen-bond acceptors (Lipinski definition) is 9. The van der Waals surface area contributed by atoms with Crippen LogP contribution in [0.2, 0.25) is 0 Å². The highest BCUT2D eigenvalue weighted by molar-refractivity contribution is 7.23. The van der Waals surface area contributed by atoms with E-state index in [0.29, 0.717) is 45.0 Å². The van der Waals surface area contributed by atoms with E-state index < -0.39 is 0 Å². The molecule has 0 atom stereocenters. The normalized spacial score (nSPS) is 10.6. The highest BCUT2D eigenvalue weighted by Gasteiger charge is 2.17. The highest BCUT2D eigenvalue weighted by atomic mass is 32.1. The van der Waals surface area contributed by atoms with Gasteiger partial charge in [-0.3, -0.25) is 15.1 Å². The Morgan fingerprint density at radius 3 is 2.70 bits per heavy atom. The Morgan fingerprint density at radius 1 is 1.00 bits per heavy atom. The van der Waals surface area contributed by atoms with Gasteiger partial charge in [-0.25, -0.2) is 14.8 Å². The van der Waals surface area contributed by atoms with Crippen LogP contribution in [0.25, 0.3) is 21.1 Å². The number of thiazole rings is 2. The van der Waals surface area contributed by atoms with Crippen LogP contribution in [0.1, 0.15) is 16.1 Å². The predicted octanol–water partition coefficient (Wildman–Crippen LogP) is 5.54. The standard InChI is InChI=1S/C28H25N7O3S2/c1-38-21-10-5-7-18(15-21)25(36)32-20-9-4-6-17(14-20)22-16-39-26(33-22)23-24(29)34-28(40-23)35-27(37)31-13-11-19-8-2-3-12-30-19/h2-10,12,14-16H,11,13,29H2,1H3,(H,32,36)(H2,31,34,35,37). The summed E-state index contributed by atoms with van der Waals surface area (Å²) in [6.45, 7) is 0.436. The second-order valence-corrected chi connectivity index (χ2v) is 10.3. The Kier molecular flexibility index (Phi) is 8.28. The van der Waals surface area contributed by atoms with Crippen LogP contribution in [-0.2, 0) is 6.42 Å². The van der Waals surface area contributed by atoms with Crippen LogP contribution >= 0.6 is 22.7 Å². The van der Waals surface area contributed by atoms with E-state index in [1.54, 1.807) is 37.6 Å². The Morgan fingerprint density at radius 2 is 1.88 bits per heavy atom. The van der Waals surface area contributed by atoms with Gasteiger partial charge >= 0.3 is 6.03 Å². The number of rotatable bonds is 9. The monoisotopic (exact) mass is 571 g/mol. The maximum absolute atomic E-state index is 12.7. The summed E-state index contributed by atoms with van der Waals surface area (Å²) in [5, 5.41) is 11.4. The first-order valence-corrected chi connectivity index (χ1v) is 13.9. The van der Waals surface area contributed by atoms with Gasteiger partial charge in [0.2, 0.25) is 0 Å². The quantitative estimate of drug-likeness (QED) is 0.182. The van der Waals surface area contributed by atoms with E-state index in [2.05, 4.69) is 25.9 Å². The van der Waals surface area contributed by atoms with Crippen molar-refractivity contribution in [2.75, 3.05) is 30.0 Å². The first-order valence-electron chi connectivity index (χ1n) is 12.2. The molecule has 10 nitrogen and oxygen atoms in total. The number of nitrogens with zero attached hydrogens (tertiary/aromatic N) is 3. The van der Waals surface area contributed by atoms with Crippen LogP contribution in [0.15, 0.2) is 78.3 Å². The van der Waals surface area contributed by atoms with E-state index >= 15 is 0 Å². The molecular formula is C28H25N7O3S2. The molecule has 5 aromatic rings. The second-order valence-electron chi connectivity index (χ2n) is 8.49. The Bertz CT molecular complexity index is 1640. The van der Waals surface area contributed by atoms with Crippen molar-refractivity contribution in [2.24, 2.45) is 0 Å². The first-order chi connectivity index (χ1) is 19.5. The summed E-state index contributed by atoms with van der Waals surface area (Å²) >= 11 is 2.67. The lowest BCUT2D eigenvalue weighted by Crippen LogP contribution is -2.30. The number of carbonyl (C=O) groups excluding carboxylic acids is 2. The van der Waals surface area contributed by atoms with Gasteiger partial charge in [0.05, 0.1) is 12.8 Å². The number of carbonyl (C=O) groups is 2. The number of aromatic nitrogens is 3. The van der Waals surface area contributed by atoms with Crippen LogP contribution in [0, 0.1) is 0 Å². The fourth-order valence-electron chi connectivity index (χ4n) is 3.76. The summed E-state index contributed by atoms with van der Waals surface area (Å²) in [5.74, 6) is 0.653. The Hall–Kier alpha value is -4.81. The van der Waals surface area contributed by atoms with Gasteiger partial charge in [0.1, 0.15) is 21.5 Å². The van der Waals surface area contributed by atoms with Crippen molar-refractivity contribution < 1.29 is 14.3 Å². The van der Waals surface area contributed by atoms with Gasteiger partial charge in [0.25, 0.3) is 5.91 Å². The fraction of sp³-hybridized carbons (Fsp3) is 0.107. The number of nitrogen functional groups attached to an aromatic ring is 1. The topological polar surface area (TPSA) is 144 Å². The fourth-order valence-corrected chi connectivity index (χ4v) is 5.57. The predicted molar refractivity (Wildman–Crippen MR) is 159 cm³/mol. The number of methoxy groups -OCH3 is 1. The zero-order valence-electron chi connectivity index (χ0n) is 21.4. The minimum absolute atomic E-state index is 0.242. The highest BCUT2D eigenvalue weighted by Crippen LogP contribution is 2.38. The Labute approximate surface area is 238 Å². The molecule has 0 spiro atoms. The number of pyridine rings is 1. The van der Waals surface area contributed by atoms with Crippen molar-refractivity contribution in [3.63, 3.8) is 0 Å². The van der Waals surface area contributed by atoms with Crippen molar-refractivity contribution in [3.05, 3.63) is 89.6 Å². The van der Waals surface area contributed by atoms with Crippen molar-refractivity contribution in [1.82, 2.24) is 20.3 Å². The molecule has 202 valence electrons. The van der Waals surface area contributed by atoms with Gasteiger partial charge in [0.15, 0.2) is 5.13 Å². The smallest absolute Gasteiger partial charge is 0.321 e. The van der Waals surface area contributed by atoms with Gasteiger partial charge in [-0.2, -0.15) is 0 Å². The lowest BCUT2D eigenvalue weighted by molar-refractivity contribution is 0.102. The zero-order valence-corrected chi connectivity index (χ0v) is 23.0. The van der Waals surface area contributed by atoms with E-state index in [4.69, 9.17) is 15.5 Å². The molecule has 40 heavy (non-hydrogen) atoms. The lowest BCUT2D eigenvalue weighted by Gasteiger charge is -2.08. The summed E-state index contributed by atoms with van der Waals surface area (Å²) in [4.78, 5) is 39.0. The van der Waals surface area contributed by atoms with E-state index in [0.717, 1.165) is 17.0 Å². The van der Waals surface area contributed by atoms with Gasteiger partial charge < -0.3 is 21.1 Å². The lowest BCUT2D eigenvalue weighted by atomic mass is 10.1. The maximum atomic E-state index is 12.7. The third kappa shape index (κ3) is 6.60. The second kappa shape index (κ2) is 12.4. The number of benzene rings is 2. The van der Waals surface area contributed by atoms with E-state index in [1.165, 1.54) is 22.7 Å². The Balaban J connectivity index is 1.22. The minimum atomic E-state index is -0.371. The molecule has 0 aliphatic carbocycles. The number of nitrogens with two attached hydrogens (primary N) is 1. The number of nitrogens with one attached hydrogen (secondary N) is 3. The van der Waals surface area contributed by atoms with Crippen LogP contribution in [0.3, 0.4) is 0 Å². The van der Waals surface area contributed by atoms with Crippen LogP contribution < -0.4 is 26.4 Å². The van der Waals surface area contributed by atoms with E-state index in [1.807, 2.05) is 47.8 Å². The summed E-state index contributed by atoms with van der Waals surface area (Å²) in [6.07, 6.45) is 2.34. The van der Waals surface area contributed by atoms with Crippen molar-refractivity contribution >= 4 is 51.2 Å². The van der Waals surface area contributed by atoms with Crippen molar-refractivity contribution in [1.29, 1.82) is 0 Å². The number of urea groups is 1. The molecule has 3 heterocycles. The molecule has 0 saturated carbocycles. The molecule has 3 aromatic heterocycles. The van der Waals surface area contributed by atoms with Crippen LogP contribution in [0.5, 0.6) is 5.75 Å². The van der Waals surface area contributed by atoms with Gasteiger partial charge in [-0.05, 0) is 42.5 Å². The molecule has 0 saturated heterocycles. The third-order valence-electron chi connectivity index (χ3n) is 5.71. The van der Waals surface area contributed by atoms with Crippen LogP contribution in [-0.4, -0.2) is 40.5 Å². The first kappa shape index (κ1) is 26.8.